The molecule has 2 aromatic rings. The molecule has 1 aromatic heterocycles. The van der Waals surface area contributed by atoms with Gasteiger partial charge in [-0.25, -0.2) is 21.8 Å². The highest BCUT2D eigenvalue weighted by Gasteiger charge is 2.23. The van der Waals surface area contributed by atoms with Gasteiger partial charge in [-0.15, -0.1) is 0 Å². The van der Waals surface area contributed by atoms with Crippen LogP contribution in [0.4, 0.5) is 0 Å². The summed E-state index contributed by atoms with van der Waals surface area (Å²) in [5, 5.41) is 2.63. The fourth-order valence-electron chi connectivity index (χ4n) is 3.38. The molecule has 174 valence electrons. The maximum Gasteiger partial charge on any atom is 0.243 e. The number of carbonyl (C=O) groups excluding carboxylic acids is 1. The summed E-state index contributed by atoms with van der Waals surface area (Å²) in [6.07, 6.45) is 0.535. The van der Waals surface area contributed by atoms with Crippen molar-refractivity contribution >= 4 is 36.8 Å². The average molecular weight is 473 g/mol. The van der Waals surface area contributed by atoms with Crippen LogP contribution in [-0.4, -0.2) is 67.7 Å². The van der Waals surface area contributed by atoms with Crippen molar-refractivity contribution in [1.82, 2.24) is 19.2 Å². The molecule has 1 N–H and O–H groups in total. The van der Waals surface area contributed by atoms with Gasteiger partial charge in [-0.1, -0.05) is 20.8 Å². The molecule has 31 heavy (non-hydrogen) atoms. The molecule has 0 spiro atoms. The van der Waals surface area contributed by atoms with E-state index in [1.165, 1.54) is 4.31 Å². The number of nitrogens with one attached hydrogen (secondary N) is 1. The van der Waals surface area contributed by atoms with E-state index in [-0.39, 0.29) is 35.3 Å². The minimum absolute atomic E-state index is 0.0510. The zero-order valence-corrected chi connectivity index (χ0v) is 20.2. The zero-order chi connectivity index (χ0) is 23.2. The van der Waals surface area contributed by atoms with Crippen LogP contribution < -0.4 is 5.32 Å². The number of aryl methyl sites for hydroxylation is 2. The number of fused-ring (bicyclic) bond motifs is 1. The zero-order valence-electron chi connectivity index (χ0n) is 18.6. The first kappa shape index (κ1) is 25.3. The Morgan fingerprint density at radius 1 is 1.10 bits per heavy atom. The smallest absolute Gasteiger partial charge is 0.243 e. The van der Waals surface area contributed by atoms with Crippen molar-refractivity contribution in [3.05, 3.63) is 24.0 Å². The lowest BCUT2D eigenvalue weighted by Gasteiger charge is -2.18. The van der Waals surface area contributed by atoms with Gasteiger partial charge in [-0.3, -0.25) is 4.79 Å². The number of nitrogens with zero attached hydrogens (tertiary/aromatic N) is 3. The number of benzene rings is 1. The van der Waals surface area contributed by atoms with E-state index in [4.69, 9.17) is 0 Å². The second-order valence-electron chi connectivity index (χ2n) is 7.10. The van der Waals surface area contributed by atoms with E-state index in [0.717, 1.165) is 5.52 Å². The predicted octanol–water partition coefficient (Wildman–Crippen LogP) is 1.57. The molecule has 0 aliphatic carbocycles. The molecule has 0 atom stereocenters. The third-order valence-electron chi connectivity index (χ3n) is 5.21. The molecule has 0 aliphatic heterocycles. The molecule has 1 aromatic carbocycles. The van der Waals surface area contributed by atoms with Crippen molar-refractivity contribution in [2.45, 2.75) is 52.0 Å². The summed E-state index contributed by atoms with van der Waals surface area (Å²) >= 11 is 0. The number of imidazole rings is 1. The van der Waals surface area contributed by atoms with Crippen LogP contribution in [0, 0.1) is 0 Å². The van der Waals surface area contributed by atoms with Crippen LogP contribution in [0.1, 0.15) is 39.9 Å². The van der Waals surface area contributed by atoms with Crippen LogP contribution in [-0.2, 0) is 37.6 Å². The number of hydrogen-bond acceptors (Lipinski definition) is 6. The molecule has 0 bridgehead atoms. The van der Waals surface area contributed by atoms with Crippen molar-refractivity contribution in [3.8, 4) is 0 Å². The number of hydrogen-bond donors (Lipinski definition) is 1. The highest BCUT2D eigenvalue weighted by Crippen LogP contribution is 2.23. The van der Waals surface area contributed by atoms with Gasteiger partial charge >= 0.3 is 0 Å². The molecule has 0 aliphatic rings. The Labute approximate surface area is 184 Å². The molecule has 0 unspecified atom stereocenters. The first-order valence-corrected chi connectivity index (χ1v) is 13.8. The summed E-state index contributed by atoms with van der Waals surface area (Å²) in [5.74, 6) is 0.416. The fourth-order valence-corrected chi connectivity index (χ4v) is 5.56. The van der Waals surface area contributed by atoms with Gasteiger partial charge in [0.1, 0.15) is 5.82 Å². The average Bonchev–Trinajstić information content (AvgIpc) is 3.09. The molecule has 0 saturated carbocycles. The number of amides is 1. The highest BCUT2D eigenvalue weighted by molar-refractivity contribution is 7.91. The van der Waals surface area contributed by atoms with E-state index >= 15 is 0 Å². The van der Waals surface area contributed by atoms with Gasteiger partial charge in [0, 0.05) is 44.8 Å². The van der Waals surface area contributed by atoms with Crippen LogP contribution in [0.5, 0.6) is 0 Å². The third-order valence-corrected chi connectivity index (χ3v) is 8.96. The van der Waals surface area contributed by atoms with E-state index in [1.54, 1.807) is 39.0 Å². The quantitative estimate of drug-likeness (QED) is 0.501. The van der Waals surface area contributed by atoms with Crippen molar-refractivity contribution < 1.29 is 21.6 Å². The SMILES string of the molecule is CCN(CC)S(=O)(=O)c1ccc2c(c1)nc(CCC(=O)NCCS(=O)(=O)CC)n2CC. The van der Waals surface area contributed by atoms with Gasteiger partial charge in [0.05, 0.1) is 21.7 Å². The van der Waals surface area contributed by atoms with E-state index < -0.39 is 19.9 Å². The van der Waals surface area contributed by atoms with Gasteiger partial charge in [-0.05, 0) is 25.1 Å². The van der Waals surface area contributed by atoms with Gasteiger partial charge in [-0.2, -0.15) is 4.31 Å². The van der Waals surface area contributed by atoms with E-state index in [0.29, 0.717) is 37.4 Å². The molecule has 1 heterocycles. The van der Waals surface area contributed by atoms with E-state index in [2.05, 4.69) is 10.3 Å². The number of carbonyl (C=O) groups is 1. The second kappa shape index (κ2) is 10.6. The Morgan fingerprint density at radius 2 is 1.77 bits per heavy atom. The lowest BCUT2D eigenvalue weighted by molar-refractivity contribution is -0.120. The molecule has 9 nitrogen and oxygen atoms in total. The minimum atomic E-state index is -3.58. The maximum absolute atomic E-state index is 12.8. The van der Waals surface area contributed by atoms with Crippen LogP contribution in [0.15, 0.2) is 23.1 Å². The van der Waals surface area contributed by atoms with Crippen LogP contribution in [0.2, 0.25) is 0 Å². The van der Waals surface area contributed by atoms with Crippen molar-refractivity contribution in [2.75, 3.05) is 31.1 Å². The molecular formula is C20H32N4O5S2. The van der Waals surface area contributed by atoms with E-state index in [9.17, 15) is 21.6 Å². The lowest BCUT2D eigenvalue weighted by Crippen LogP contribution is -2.30. The molecule has 0 radical (unpaired) electrons. The standard InChI is InChI=1S/C20H32N4O5S2/c1-5-23(6-2)31(28,29)16-9-10-18-17(15-16)22-19(24(18)7-3)11-12-20(25)21-13-14-30(26,27)8-4/h9-10,15H,5-8,11-14H2,1-4H3,(H,21,25). The summed E-state index contributed by atoms with van der Waals surface area (Å²) in [7, 11) is -6.70. The second-order valence-corrected chi connectivity index (χ2v) is 11.5. The normalized spacial score (nSPS) is 12.5. The summed E-state index contributed by atoms with van der Waals surface area (Å²) in [4.78, 5) is 16.9. The van der Waals surface area contributed by atoms with E-state index in [1.807, 2.05) is 11.5 Å². The van der Waals surface area contributed by atoms with Crippen LogP contribution in [0.25, 0.3) is 11.0 Å². The van der Waals surface area contributed by atoms with Crippen LogP contribution >= 0.6 is 0 Å². The van der Waals surface area contributed by atoms with Crippen molar-refractivity contribution in [1.29, 1.82) is 0 Å². The fraction of sp³-hybridized carbons (Fsp3) is 0.600. The number of sulfonamides is 1. The van der Waals surface area contributed by atoms with Gasteiger partial charge in [0.25, 0.3) is 0 Å². The topological polar surface area (TPSA) is 118 Å². The number of rotatable bonds is 12. The van der Waals surface area contributed by atoms with Gasteiger partial charge < -0.3 is 9.88 Å². The minimum Gasteiger partial charge on any atom is -0.355 e. The molecule has 0 saturated heterocycles. The van der Waals surface area contributed by atoms with Crippen LogP contribution in [0.3, 0.4) is 0 Å². The molecule has 2 rings (SSSR count). The highest BCUT2D eigenvalue weighted by atomic mass is 32.2. The van der Waals surface area contributed by atoms with Crippen molar-refractivity contribution in [2.24, 2.45) is 0 Å². The molecular weight excluding hydrogens is 440 g/mol. The number of sulfone groups is 1. The van der Waals surface area contributed by atoms with Gasteiger partial charge in [0.15, 0.2) is 9.84 Å². The maximum atomic E-state index is 12.8. The Balaban J connectivity index is 2.17. The first-order valence-electron chi connectivity index (χ1n) is 10.6. The predicted molar refractivity (Wildman–Crippen MR) is 121 cm³/mol. The molecule has 11 heteroatoms. The Hall–Kier alpha value is -1.98. The number of aromatic nitrogens is 2. The lowest BCUT2D eigenvalue weighted by atomic mass is 10.3. The largest absolute Gasteiger partial charge is 0.355 e. The summed E-state index contributed by atoms with van der Waals surface area (Å²) in [6.45, 7) is 8.63. The Bertz CT molecular complexity index is 1120. The Morgan fingerprint density at radius 3 is 2.35 bits per heavy atom. The Kier molecular flexibility index (Phi) is 8.61. The van der Waals surface area contributed by atoms with Crippen molar-refractivity contribution in [3.63, 3.8) is 0 Å². The monoisotopic (exact) mass is 472 g/mol. The van der Waals surface area contributed by atoms with Gasteiger partial charge in [0.2, 0.25) is 15.9 Å². The molecule has 0 fully saturated rings. The third kappa shape index (κ3) is 6.05. The summed E-state index contributed by atoms with van der Waals surface area (Å²) in [6, 6.07) is 4.92. The molecule has 1 amide bonds. The summed E-state index contributed by atoms with van der Waals surface area (Å²) in [5.41, 5.74) is 1.38. The summed E-state index contributed by atoms with van der Waals surface area (Å²) < 4.78 is 52.0. The first-order chi connectivity index (χ1) is 14.6.